The van der Waals surface area contributed by atoms with Crippen LogP contribution in [-0.2, 0) is 6.54 Å². The van der Waals surface area contributed by atoms with Crippen LogP contribution >= 0.6 is 0 Å². The van der Waals surface area contributed by atoms with E-state index in [9.17, 15) is 4.79 Å². The van der Waals surface area contributed by atoms with Gasteiger partial charge in [-0.2, -0.15) is 10.1 Å². The Morgan fingerprint density at radius 1 is 1.22 bits per heavy atom. The Bertz CT molecular complexity index is 954. The average molecular weight is 309 g/mol. The summed E-state index contributed by atoms with van der Waals surface area (Å²) >= 11 is 0. The van der Waals surface area contributed by atoms with Crippen LogP contribution in [0.1, 0.15) is 16.3 Å². The van der Waals surface area contributed by atoms with Gasteiger partial charge in [-0.25, -0.2) is 4.52 Å². The molecule has 0 aliphatic rings. The van der Waals surface area contributed by atoms with E-state index >= 15 is 0 Å². The summed E-state index contributed by atoms with van der Waals surface area (Å²) in [6, 6.07) is 10.6. The molecule has 0 bridgehead atoms. The van der Waals surface area contributed by atoms with Crippen LogP contribution in [0.4, 0.5) is 0 Å². The maximum Gasteiger partial charge on any atom is 0.293 e. The van der Waals surface area contributed by atoms with Gasteiger partial charge in [0.25, 0.3) is 11.8 Å². The molecule has 0 aromatic carbocycles. The minimum atomic E-state index is -0.274. The second-order valence-electron chi connectivity index (χ2n) is 4.75. The van der Waals surface area contributed by atoms with Crippen LogP contribution in [0.25, 0.3) is 17.2 Å². The summed E-state index contributed by atoms with van der Waals surface area (Å²) in [5, 5.41) is 10.7. The molecule has 0 radical (unpaired) electrons. The van der Waals surface area contributed by atoms with Crippen molar-refractivity contribution in [3.05, 3.63) is 60.4 Å². The summed E-state index contributed by atoms with van der Waals surface area (Å²) in [6.45, 7) is 0.140. The van der Waals surface area contributed by atoms with Crippen LogP contribution in [0, 0.1) is 0 Å². The molecule has 4 aromatic rings. The fourth-order valence-corrected chi connectivity index (χ4v) is 2.20. The second-order valence-corrected chi connectivity index (χ2v) is 4.75. The van der Waals surface area contributed by atoms with E-state index < -0.39 is 0 Å². The molecule has 8 nitrogen and oxygen atoms in total. The fourth-order valence-electron chi connectivity index (χ4n) is 2.20. The number of nitrogens with zero attached hydrogens (tertiary/aromatic N) is 4. The lowest BCUT2D eigenvalue weighted by Gasteiger charge is -2.04. The molecule has 0 saturated carbocycles. The van der Waals surface area contributed by atoms with Crippen molar-refractivity contribution < 1.29 is 13.7 Å². The molecule has 0 aliphatic carbocycles. The van der Waals surface area contributed by atoms with Gasteiger partial charge in [0.2, 0.25) is 0 Å². The van der Waals surface area contributed by atoms with Crippen LogP contribution in [0.15, 0.2) is 57.8 Å². The van der Waals surface area contributed by atoms with Gasteiger partial charge in [0.15, 0.2) is 11.6 Å². The van der Waals surface area contributed by atoms with Crippen molar-refractivity contribution in [2.75, 3.05) is 0 Å². The lowest BCUT2D eigenvalue weighted by molar-refractivity contribution is 0.0942. The van der Waals surface area contributed by atoms with E-state index in [0.29, 0.717) is 17.3 Å². The summed E-state index contributed by atoms with van der Waals surface area (Å²) in [5.74, 6) is 0.839. The lowest BCUT2D eigenvalue weighted by atomic mass is 10.3. The van der Waals surface area contributed by atoms with Gasteiger partial charge in [-0.3, -0.25) is 4.79 Å². The quantitative estimate of drug-likeness (QED) is 0.618. The zero-order chi connectivity index (χ0) is 15.6. The zero-order valence-corrected chi connectivity index (χ0v) is 11.8. The number of carbonyl (C=O) groups is 1. The largest absolute Gasteiger partial charge is 0.459 e. The number of hydrogen-bond acceptors (Lipinski definition) is 6. The van der Waals surface area contributed by atoms with E-state index in [0.717, 1.165) is 5.52 Å². The summed E-state index contributed by atoms with van der Waals surface area (Å²) < 4.78 is 11.8. The van der Waals surface area contributed by atoms with E-state index in [4.69, 9.17) is 8.94 Å². The number of furan rings is 1. The minimum Gasteiger partial charge on any atom is -0.459 e. The van der Waals surface area contributed by atoms with Crippen LogP contribution in [0.5, 0.6) is 0 Å². The predicted molar refractivity (Wildman–Crippen MR) is 78.4 cm³/mol. The van der Waals surface area contributed by atoms with E-state index in [1.165, 1.54) is 6.26 Å². The van der Waals surface area contributed by atoms with Crippen molar-refractivity contribution in [3.63, 3.8) is 0 Å². The molecule has 114 valence electrons. The number of fused-ring (bicyclic) bond motifs is 1. The number of aromatic nitrogens is 4. The highest BCUT2D eigenvalue weighted by Crippen LogP contribution is 2.16. The fraction of sp³-hybridized carbons (Fsp3) is 0.0667. The first kappa shape index (κ1) is 13.3. The molecule has 1 amide bonds. The summed E-state index contributed by atoms with van der Waals surface area (Å²) in [7, 11) is 0. The molecule has 0 saturated heterocycles. The van der Waals surface area contributed by atoms with Crippen LogP contribution in [-0.4, -0.2) is 25.7 Å². The Balaban J connectivity index is 1.49. The third-order valence-electron chi connectivity index (χ3n) is 3.26. The Morgan fingerprint density at radius 3 is 3.04 bits per heavy atom. The molecular formula is C15H11N5O3. The molecule has 4 heterocycles. The van der Waals surface area contributed by atoms with Crippen molar-refractivity contribution in [3.8, 4) is 11.7 Å². The highest BCUT2D eigenvalue weighted by Gasteiger charge is 2.14. The number of pyridine rings is 1. The monoisotopic (exact) mass is 309 g/mol. The zero-order valence-electron chi connectivity index (χ0n) is 11.8. The first-order valence-corrected chi connectivity index (χ1v) is 6.89. The summed E-state index contributed by atoms with van der Waals surface area (Å²) in [5.41, 5.74) is 1.28. The van der Waals surface area contributed by atoms with Gasteiger partial charge in [0.05, 0.1) is 24.5 Å². The van der Waals surface area contributed by atoms with Crippen LogP contribution < -0.4 is 5.32 Å². The smallest absolute Gasteiger partial charge is 0.293 e. The van der Waals surface area contributed by atoms with Crippen molar-refractivity contribution in [2.24, 2.45) is 0 Å². The highest BCUT2D eigenvalue weighted by atomic mass is 16.5. The third kappa shape index (κ3) is 2.46. The predicted octanol–water partition coefficient (Wildman–Crippen LogP) is 1.91. The molecule has 0 unspecified atom stereocenters. The normalized spacial score (nSPS) is 11.0. The van der Waals surface area contributed by atoms with Gasteiger partial charge < -0.3 is 14.3 Å². The molecule has 0 aliphatic heterocycles. The lowest BCUT2D eigenvalue weighted by Crippen LogP contribution is -2.25. The van der Waals surface area contributed by atoms with Crippen molar-refractivity contribution >= 4 is 11.4 Å². The van der Waals surface area contributed by atoms with Gasteiger partial charge in [0.1, 0.15) is 5.69 Å². The number of nitrogens with one attached hydrogen (secondary N) is 1. The second kappa shape index (κ2) is 5.41. The van der Waals surface area contributed by atoms with E-state index in [1.54, 1.807) is 35.0 Å². The van der Waals surface area contributed by atoms with Gasteiger partial charge >= 0.3 is 0 Å². The standard InChI is InChI=1S/C15H11N5O3/c21-14(11-4-1-3-10-6-7-17-20(10)11)16-9-13-18-15(23-19-13)12-5-2-8-22-12/h1-8H,9H2,(H,16,21). The van der Waals surface area contributed by atoms with E-state index in [-0.39, 0.29) is 18.3 Å². The first-order chi connectivity index (χ1) is 11.3. The molecule has 4 rings (SSSR count). The highest BCUT2D eigenvalue weighted by molar-refractivity contribution is 5.93. The van der Waals surface area contributed by atoms with Crippen molar-refractivity contribution in [2.45, 2.75) is 6.54 Å². The van der Waals surface area contributed by atoms with E-state index in [2.05, 4.69) is 20.6 Å². The number of carbonyl (C=O) groups excluding carboxylic acids is 1. The maximum atomic E-state index is 12.3. The van der Waals surface area contributed by atoms with E-state index in [1.807, 2.05) is 12.1 Å². The molecule has 4 aromatic heterocycles. The average Bonchev–Trinajstić information content (AvgIpc) is 3.32. The summed E-state index contributed by atoms with van der Waals surface area (Å²) in [4.78, 5) is 16.5. The Kier molecular flexibility index (Phi) is 3.12. The maximum absolute atomic E-state index is 12.3. The molecule has 0 atom stereocenters. The molecule has 1 N–H and O–H groups in total. The number of rotatable bonds is 4. The topological polar surface area (TPSA) is 98.5 Å². The van der Waals surface area contributed by atoms with Crippen molar-refractivity contribution in [1.29, 1.82) is 0 Å². The van der Waals surface area contributed by atoms with Gasteiger partial charge in [-0.1, -0.05) is 11.2 Å². The molecular weight excluding hydrogens is 298 g/mol. The van der Waals surface area contributed by atoms with Gasteiger partial charge in [0, 0.05) is 0 Å². The molecule has 0 fully saturated rings. The van der Waals surface area contributed by atoms with Crippen molar-refractivity contribution in [1.82, 2.24) is 25.1 Å². The minimum absolute atomic E-state index is 0.140. The molecule has 8 heteroatoms. The Morgan fingerprint density at radius 2 is 2.17 bits per heavy atom. The van der Waals surface area contributed by atoms with Crippen LogP contribution in [0.3, 0.4) is 0 Å². The first-order valence-electron chi connectivity index (χ1n) is 6.89. The molecule has 0 spiro atoms. The summed E-state index contributed by atoms with van der Waals surface area (Å²) in [6.07, 6.45) is 3.16. The Hall–Kier alpha value is -3.42. The van der Waals surface area contributed by atoms with Crippen LogP contribution in [0.2, 0.25) is 0 Å². The third-order valence-corrected chi connectivity index (χ3v) is 3.26. The molecule has 23 heavy (non-hydrogen) atoms. The SMILES string of the molecule is O=C(NCc1noc(-c2ccco2)n1)c1cccc2ccnn12. The van der Waals surface area contributed by atoms with Gasteiger partial charge in [-0.05, 0) is 30.3 Å². The number of hydrogen-bond donors (Lipinski definition) is 1. The van der Waals surface area contributed by atoms with Gasteiger partial charge in [-0.15, -0.1) is 0 Å². The Labute approximate surface area is 129 Å². The number of amides is 1.